The van der Waals surface area contributed by atoms with Gasteiger partial charge in [0.15, 0.2) is 0 Å². The second-order valence-corrected chi connectivity index (χ2v) is 7.98. The largest absolute Gasteiger partial charge is 0.338 e. The molecule has 0 spiro atoms. The molecule has 2 aromatic rings. The normalized spacial score (nSPS) is 11.7. The maximum Gasteiger partial charge on any atom is 0.318 e. The van der Waals surface area contributed by atoms with Gasteiger partial charge in [0, 0.05) is 24.0 Å². The molecule has 0 saturated heterocycles. The van der Waals surface area contributed by atoms with Crippen LogP contribution in [0.1, 0.15) is 43.2 Å². The molecule has 5 nitrogen and oxygen atoms in total. The minimum absolute atomic E-state index is 0.00227. The number of nitrogens with zero attached hydrogens (tertiary/aromatic N) is 2. The number of hydrogen-bond donors (Lipinski definition) is 1. The lowest BCUT2D eigenvalue weighted by molar-refractivity contribution is -0.133. The van der Waals surface area contributed by atoms with Crippen molar-refractivity contribution in [1.29, 1.82) is 0 Å². The van der Waals surface area contributed by atoms with Crippen molar-refractivity contribution in [3.05, 3.63) is 57.8 Å². The van der Waals surface area contributed by atoms with E-state index in [2.05, 4.69) is 23.7 Å². The van der Waals surface area contributed by atoms with Gasteiger partial charge in [-0.2, -0.15) is 0 Å². The molecule has 6 heteroatoms. The molecule has 0 bridgehead atoms. The number of thiophene rings is 1. The van der Waals surface area contributed by atoms with Crippen LogP contribution in [-0.4, -0.2) is 40.9 Å². The van der Waals surface area contributed by atoms with Crippen LogP contribution in [0.2, 0.25) is 0 Å². The topological polar surface area (TPSA) is 52.7 Å². The first-order chi connectivity index (χ1) is 13.5. The zero-order valence-electron chi connectivity index (χ0n) is 17.3. The zero-order valence-corrected chi connectivity index (χ0v) is 18.1. The maximum atomic E-state index is 13.2. The van der Waals surface area contributed by atoms with E-state index < -0.39 is 0 Å². The lowest BCUT2D eigenvalue weighted by atomic mass is 10.2. The summed E-state index contributed by atoms with van der Waals surface area (Å²) in [4.78, 5) is 30.4. The van der Waals surface area contributed by atoms with Crippen LogP contribution in [0.15, 0.2) is 41.8 Å². The second kappa shape index (κ2) is 10.9. The summed E-state index contributed by atoms with van der Waals surface area (Å²) in [6.07, 6.45) is 0.799. The maximum absolute atomic E-state index is 13.2. The van der Waals surface area contributed by atoms with E-state index in [0.29, 0.717) is 19.6 Å². The van der Waals surface area contributed by atoms with Crippen LogP contribution in [0, 0.1) is 6.92 Å². The van der Waals surface area contributed by atoms with Crippen molar-refractivity contribution in [3.8, 4) is 0 Å². The fourth-order valence-corrected chi connectivity index (χ4v) is 3.84. The SMILES string of the molecule is CCNC(=O)N(CC(=O)N(Cc1ccccc1)Cc1sccc1C)[C@H](C)CC. The molecule has 0 aliphatic carbocycles. The van der Waals surface area contributed by atoms with Gasteiger partial charge in [-0.05, 0) is 49.8 Å². The molecule has 1 aromatic carbocycles. The number of nitrogens with one attached hydrogen (secondary N) is 1. The first-order valence-electron chi connectivity index (χ1n) is 9.85. The molecule has 0 fully saturated rings. The Balaban J connectivity index is 2.20. The number of rotatable bonds is 9. The lowest BCUT2D eigenvalue weighted by Gasteiger charge is -2.31. The summed E-state index contributed by atoms with van der Waals surface area (Å²) in [5, 5.41) is 4.88. The standard InChI is InChI=1S/C22H31N3O2S/c1-5-18(4)25(22(27)23-6-2)16-21(26)24(14-19-10-8-7-9-11-19)15-20-17(3)12-13-28-20/h7-13,18H,5-6,14-16H2,1-4H3,(H,23,27)/t18-/m1/s1. The van der Waals surface area contributed by atoms with Crippen molar-refractivity contribution >= 4 is 23.3 Å². The van der Waals surface area contributed by atoms with Crippen LogP contribution in [0.4, 0.5) is 4.79 Å². The Kier molecular flexibility index (Phi) is 8.51. The van der Waals surface area contributed by atoms with E-state index >= 15 is 0 Å². The monoisotopic (exact) mass is 401 g/mol. The second-order valence-electron chi connectivity index (χ2n) is 6.98. The Morgan fingerprint density at radius 3 is 2.39 bits per heavy atom. The van der Waals surface area contributed by atoms with Gasteiger partial charge in [0.05, 0.1) is 6.54 Å². The average molecular weight is 402 g/mol. The molecule has 152 valence electrons. The van der Waals surface area contributed by atoms with Crippen molar-refractivity contribution in [2.24, 2.45) is 0 Å². The van der Waals surface area contributed by atoms with Crippen LogP contribution < -0.4 is 5.32 Å². The van der Waals surface area contributed by atoms with Crippen molar-refractivity contribution in [1.82, 2.24) is 15.1 Å². The molecule has 0 unspecified atom stereocenters. The van der Waals surface area contributed by atoms with Crippen LogP contribution in [0.5, 0.6) is 0 Å². The Labute approximate surface area is 172 Å². The minimum Gasteiger partial charge on any atom is -0.338 e. The summed E-state index contributed by atoms with van der Waals surface area (Å²) >= 11 is 1.66. The van der Waals surface area contributed by atoms with E-state index in [4.69, 9.17) is 0 Å². The molecular weight excluding hydrogens is 370 g/mol. The van der Waals surface area contributed by atoms with E-state index in [-0.39, 0.29) is 24.5 Å². The van der Waals surface area contributed by atoms with Crippen LogP contribution in [0.25, 0.3) is 0 Å². The van der Waals surface area contributed by atoms with Gasteiger partial charge in [0.1, 0.15) is 6.54 Å². The van der Waals surface area contributed by atoms with Crippen LogP contribution in [-0.2, 0) is 17.9 Å². The average Bonchev–Trinajstić information content (AvgIpc) is 3.10. The van der Waals surface area contributed by atoms with Crippen LogP contribution in [0.3, 0.4) is 0 Å². The van der Waals surface area contributed by atoms with Gasteiger partial charge in [-0.15, -0.1) is 11.3 Å². The zero-order chi connectivity index (χ0) is 20.5. The molecule has 1 heterocycles. The molecule has 1 N–H and O–H groups in total. The fourth-order valence-electron chi connectivity index (χ4n) is 2.92. The Morgan fingerprint density at radius 1 is 1.11 bits per heavy atom. The summed E-state index contributed by atoms with van der Waals surface area (Å²) in [5.74, 6) is -0.0387. The quantitative estimate of drug-likeness (QED) is 0.676. The highest BCUT2D eigenvalue weighted by atomic mass is 32.1. The summed E-state index contributed by atoms with van der Waals surface area (Å²) in [7, 11) is 0. The summed E-state index contributed by atoms with van der Waals surface area (Å²) < 4.78 is 0. The molecule has 0 radical (unpaired) electrons. The third-order valence-electron chi connectivity index (χ3n) is 4.89. The summed E-state index contributed by atoms with van der Waals surface area (Å²) in [6, 6.07) is 11.9. The van der Waals surface area contributed by atoms with Crippen molar-refractivity contribution < 1.29 is 9.59 Å². The molecule has 0 aliphatic rings. The highest BCUT2D eigenvalue weighted by molar-refractivity contribution is 7.10. The van der Waals surface area contributed by atoms with Gasteiger partial charge in [-0.3, -0.25) is 4.79 Å². The lowest BCUT2D eigenvalue weighted by Crippen LogP contribution is -2.50. The predicted molar refractivity (Wildman–Crippen MR) is 115 cm³/mol. The van der Waals surface area contributed by atoms with Gasteiger partial charge in [-0.25, -0.2) is 4.79 Å². The third-order valence-corrected chi connectivity index (χ3v) is 5.90. The fraction of sp³-hybridized carbons (Fsp3) is 0.455. The predicted octanol–water partition coefficient (Wildman–Crippen LogP) is 4.42. The highest BCUT2D eigenvalue weighted by Gasteiger charge is 2.25. The molecule has 1 aromatic heterocycles. The number of carbonyl (C=O) groups excluding carboxylic acids is 2. The first-order valence-corrected chi connectivity index (χ1v) is 10.7. The number of aryl methyl sites for hydroxylation is 1. The Hall–Kier alpha value is -2.34. The Bertz CT molecular complexity index is 760. The van der Waals surface area contributed by atoms with E-state index in [1.54, 1.807) is 16.2 Å². The summed E-state index contributed by atoms with van der Waals surface area (Å²) in [5.41, 5.74) is 2.27. The van der Waals surface area contributed by atoms with E-state index in [9.17, 15) is 9.59 Å². The molecular formula is C22H31N3O2S. The molecule has 0 saturated carbocycles. The van der Waals surface area contributed by atoms with Gasteiger partial charge >= 0.3 is 6.03 Å². The number of benzene rings is 1. The molecule has 1 atom stereocenters. The van der Waals surface area contributed by atoms with Crippen molar-refractivity contribution in [2.45, 2.75) is 53.2 Å². The summed E-state index contributed by atoms with van der Waals surface area (Å²) in [6.45, 7) is 9.67. The van der Waals surface area contributed by atoms with Gasteiger partial charge in [-0.1, -0.05) is 37.3 Å². The Morgan fingerprint density at radius 2 is 1.82 bits per heavy atom. The van der Waals surface area contributed by atoms with E-state index in [1.807, 2.05) is 56.0 Å². The molecule has 3 amide bonds. The molecule has 0 aliphatic heterocycles. The third kappa shape index (κ3) is 6.09. The van der Waals surface area contributed by atoms with E-state index in [0.717, 1.165) is 12.0 Å². The van der Waals surface area contributed by atoms with Gasteiger partial charge in [0.25, 0.3) is 0 Å². The first kappa shape index (κ1) is 22.0. The highest BCUT2D eigenvalue weighted by Crippen LogP contribution is 2.20. The number of carbonyl (C=O) groups is 2. The van der Waals surface area contributed by atoms with Crippen LogP contribution >= 0.6 is 11.3 Å². The number of hydrogen-bond acceptors (Lipinski definition) is 3. The number of urea groups is 1. The van der Waals surface area contributed by atoms with Gasteiger partial charge in [0.2, 0.25) is 5.91 Å². The van der Waals surface area contributed by atoms with E-state index in [1.165, 1.54) is 10.4 Å². The molecule has 2 rings (SSSR count). The smallest absolute Gasteiger partial charge is 0.318 e. The van der Waals surface area contributed by atoms with Crippen molar-refractivity contribution in [3.63, 3.8) is 0 Å². The minimum atomic E-state index is -0.183. The van der Waals surface area contributed by atoms with Crippen molar-refractivity contribution in [2.75, 3.05) is 13.1 Å². The number of amides is 3. The molecule has 28 heavy (non-hydrogen) atoms. The van der Waals surface area contributed by atoms with Gasteiger partial charge < -0.3 is 15.1 Å².